The second-order valence-corrected chi connectivity index (χ2v) is 13.0. The molecule has 0 bridgehead atoms. The molecule has 0 atom stereocenters. The van der Waals surface area contributed by atoms with Gasteiger partial charge in [0, 0.05) is 10.8 Å². The van der Waals surface area contributed by atoms with Crippen molar-refractivity contribution >= 4 is 39.3 Å². The molecule has 1 aliphatic rings. The molecule has 8 aromatic rings. The number of rotatable bonds is 5. The van der Waals surface area contributed by atoms with Crippen molar-refractivity contribution in [2.75, 3.05) is 4.90 Å². The molecule has 4 heteroatoms. The predicted molar refractivity (Wildman–Crippen MR) is 204 cm³/mol. The summed E-state index contributed by atoms with van der Waals surface area (Å²) in [4.78, 5) is 30.1. The molecule has 0 aliphatic carbocycles. The maximum atomic E-state index is 14.6. The minimum Gasteiger partial charge on any atom is -0.308 e. The fourth-order valence-corrected chi connectivity index (χ4v) is 7.55. The first-order chi connectivity index (χ1) is 24.5. The molecule has 0 N–H and O–H groups in total. The lowest BCUT2D eigenvalue weighted by Crippen LogP contribution is -2.29. The van der Waals surface area contributed by atoms with Gasteiger partial charge in [0.05, 0.1) is 33.5 Å². The van der Waals surface area contributed by atoms with Gasteiger partial charge in [-0.1, -0.05) is 121 Å². The monoisotopic (exact) mass is 644 g/mol. The van der Waals surface area contributed by atoms with Gasteiger partial charge in [-0.15, -0.1) is 0 Å². The Hall–Kier alpha value is -6.52. The summed E-state index contributed by atoms with van der Waals surface area (Å²) in [6.07, 6.45) is 0. The third kappa shape index (κ3) is 4.61. The van der Waals surface area contributed by atoms with E-state index in [1.165, 1.54) is 16.0 Å². The van der Waals surface area contributed by atoms with Crippen molar-refractivity contribution in [2.24, 2.45) is 0 Å². The predicted octanol–water partition coefficient (Wildman–Crippen LogP) is 11.2. The molecule has 0 saturated carbocycles. The largest absolute Gasteiger partial charge is 0.308 e. The molecule has 2 heterocycles. The molecule has 4 nitrogen and oxygen atoms in total. The summed E-state index contributed by atoms with van der Waals surface area (Å²) < 4.78 is 2.18. The van der Waals surface area contributed by atoms with Gasteiger partial charge in [0.15, 0.2) is 0 Å². The average Bonchev–Trinajstić information content (AvgIpc) is 3.61. The number of hydrogen-bond acceptors (Lipinski definition) is 2. The Morgan fingerprint density at radius 1 is 0.420 bits per heavy atom. The molecule has 1 aliphatic heterocycles. The molecule has 0 radical (unpaired) electrons. The topological polar surface area (TPSA) is 42.3 Å². The van der Waals surface area contributed by atoms with Gasteiger partial charge in [-0.25, -0.2) is 4.90 Å². The number of fused-ring (bicyclic) bond motifs is 4. The lowest BCUT2D eigenvalue weighted by molar-refractivity contribution is 0.0926. The van der Waals surface area contributed by atoms with E-state index >= 15 is 0 Å². The van der Waals surface area contributed by atoms with Crippen LogP contribution in [0.25, 0.3) is 60.9 Å². The van der Waals surface area contributed by atoms with Crippen LogP contribution in [0.15, 0.2) is 158 Å². The van der Waals surface area contributed by atoms with Crippen LogP contribution in [-0.2, 0) is 0 Å². The molecule has 238 valence electrons. The minimum absolute atomic E-state index is 0.320. The van der Waals surface area contributed by atoms with Gasteiger partial charge in [-0.3, -0.25) is 9.59 Å². The van der Waals surface area contributed by atoms with E-state index in [1.54, 1.807) is 6.07 Å². The van der Waals surface area contributed by atoms with Crippen LogP contribution < -0.4 is 4.90 Å². The van der Waals surface area contributed by atoms with E-state index in [2.05, 4.69) is 103 Å². The smallest absolute Gasteiger partial charge is 0.268 e. The number of aryl methyl sites for hydroxylation is 2. The number of carbonyl (C=O) groups is 2. The molecule has 2 amide bonds. The fraction of sp³-hybridized carbons (Fsp3) is 0.0435. The van der Waals surface area contributed by atoms with Gasteiger partial charge >= 0.3 is 0 Å². The normalized spacial score (nSPS) is 12.6. The molecule has 0 spiro atoms. The van der Waals surface area contributed by atoms with Crippen molar-refractivity contribution in [1.29, 1.82) is 0 Å². The van der Waals surface area contributed by atoms with Gasteiger partial charge in [-0.2, -0.15) is 0 Å². The number of hydrogen-bond donors (Lipinski definition) is 0. The van der Waals surface area contributed by atoms with Gasteiger partial charge in [0.1, 0.15) is 0 Å². The van der Waals surface area contributed by atoms with Crippen molar-refractivity contribution in [2.45, 2.75) is 13.8 Å². The van der Waals surface area contributed by atoms with Crippen molar-refractivity contribution in [3.63, 3.8) is 0 Å². The Morgan fingerprint density at radius 3 is 1.58 bits per heavy atom. The molecule has 7 aromatic carbocycles. The number of nitrogens with zero attached hydrogens (tertiary/aromatic N) is 2. The van der Waals surface area contributed by atoms with Gasteiger partial charge in [-0.05, 0) is 94.8 Å². The lowest BCUT2D eigenvalue weighted by atomic mass is 9.98. The zero-order valence-corrected chi connectivity index (χ0v) is 27.7. The molecule has 0 fully saturated rings. The quantitative estimate of drug-likeness (QED) is 0.175. The zero-order chi connectivity index (χ0) is 33.9. The number of benzene rings is 7. The third-order valence-electron chi connectivity index (χ3n) is 10.0. The Bertz CT molecular complexity index is 2560. The highest BCUT2D eigenvalue weighted by molar-refractivity contribution is 6.36. The van der Waals surface area contributed by atoms with Crippen molar-refractivity contribution in [1.82, 2.24) is 4.57 Å². The van der Waals surface area contributed by atoms with E-state index in [0.29, 0.717) is 22.5 Å². The highest BCUT2D eigenvalue weighted by Crippen LogP contribution is 2.41. The Morgan fingerprint density at radius 2 is 0.960 bits per heavy atom. The summed E-state index contributed by atoms with van der Waals surface area (Å²) in [7, 11) is 0. The zero-order valence-electron chi connectivity index (χ0n) is 27.7. The Kier molecular flexibility index (Phi) is 6.85. The summed E-state index contributed by atoms with van der Waals surface area (Å²) in [6.45, 7) is 4.25. The van der Waals surface area contributed by atoms with Gasteiger partial charge in [0.25, 0.3) is 11.8 Å². The molecular formula is C46H32N2O2. The van der Waals surface area contributed by atoms with Crippen LogP contribution in [0.4, 0.5) is 5.69 Å². The standard InChI is InChI=1S/C46H32N2O2/c1-29-12-6-8-18-36(29)33-22-24-38-39-25-23-34(37-19-9-7-13-30(37)2)28-43(39)48(42(38)27-33)41-21-11-20-40-44(41)46(50)47(45(40)49)35-17-10-16-32(26-35)31-14-4-3-5-15-31/h3-28H,1-2H3. The maximum absolute atomic E-state index is 14.6. The Balaban J connectivity index is 1.28. The van der Waals surface area contributed by atoms with Crippen LogP contribution in [0.5, 0.6) is 0 Å². The van der Waals surface area contributed by atoms with Crippen LogP contribution in [-0.4, -0.2) is 16.4 Å². The Labute approximate surface area is 290 Å². The number of aromatic nitrogens is 1. The first-order valence-electron chi connectivity index (χ1n) is 16.9. The molecule has 1 aromatic heterocycles. The molecule has 50 heavy (non-hydrogen) atoms. The van der Waals surface area contributed by atoms with Crippen LogP contribution in [0.1, 0.15) is 31.8 Å². The highest BCUT2D eigenvalue weighted by Gasteiger charge is 2.39. The summed E-state index contributed by atoms with van der Waals surface area (Å²) in [5.41, 5.74) is 12.8. The first kappa shape index (κ1) is 29.6. The summed E-state index contributed by atoms with van der Waals surface area (Å²) >= 11 is 0. The van der Waals surface area contributed by atoms with Crippen molar-refractivity contribution in [3.05, 3.63) is 180 Å². The first-order valence-corrected chi connectivity index (χ1v) is 16.9. The van der Waals surface area contributed by atoms with E-state index in [4.69, 9.17) is 0 Å². The van der Waals surface area contributed by atoms with E-state index in [9.17, 15) is 9.59 Å². The summed E-state index contributed by atoms with van der Waals surface area (Å²) in [5.74, 6) is -0.648. The third-order valence-corrected chi connectivity index (χ3v) is 10.0. The number of carbonyl (C=O) groups excluding carboxylic acids is 2. The van der Waals surface area contributed by atoms with Crippen LogP contribution >= 0.6 is 0 Å². The molecule has 9 rings (SSSR count). The van der Waals surface area contributed by atoms with Crippen molar-refractivity contribution < 1.29 is 9.59 Å². The lowest BCUT2D eigenvalue weighted by Gasteiger charge is -2.16. The summed E-state index contributed by atoms with van der Waals surface area (Å²) in [5, 5.41) is 2.16. The molecule has 0 unspecified atom stereocenters. The second kappa shape index (κ2) is 11.6. The summed E-state index contributed by atoms with van der Waals surface area (Å²) in [6, 6.07) is 53.2. The maximum Gasteiger partial charge on any atom is 0.268 e. The van der Waals surface area contributed by atoms with Crippen molar-refractivity contribution in [3.8, 4) is 39.1 Å². The van der Waals surface area contributed by atoms with Crippen LogP contribution in [0, 0.1) is 13.8 Å². The van der Waals surface area contributed by atoms with E-state index in [1.807, 2.05) is 66.7 Å². The van der Waals surface area contributed by atoms with E-state index in [-0.39, 0.29) is 11.8 Å². The van der Waals surface area contributed by atoms with E-state index < -0.39 is 0 Å². The van der Waals surface area contributed by atoms with Gasteiger partial charge in [0.2, 0.25) is 0 Å². The van der Waals surface area contributed by atoms with Crippen LogP contribution in [0.2, 0.25) is 0 Å². The number of amides is 2. The highest BCUT2D eigenvalue weighted by atomic mass is 16.2. The van der Waals surface area contributed by atoms with Gasteiger partial charge < -0.3 is 4.57 Å². The number of anilines is 1. The molecule has 0 saturated heterocycles. The molecular weight excluding hydrogens is 613 g/mol. The SMILES string of the molecule is Cc1ccccc1-c1ccc2c3ccc(-c4ccccc4C)cc3n(-c3cccc4c3C(=O)N(c3cccc(-c5ccccc5)c3)C4=O)c2c1. The fourth-order valence-electron chi connectivity index (χ4n) is 7.55. The average molecular weight is 645 g/mol. The minimum atomic E-state index is -0.328. The number of imide groups is 1. The van der Waals surface area contributed by atoms with E-state index in [0.717, 1.165) is 55.2 Å². The van der Waals surface area contributed by atoms with Crippen LogP contribution in [0.3, 0.4) is 0 Å². The second-order valence-electron chi connectivity index (χ2n) is 13.0.